The van der Waals surface area contributed by atoms with Crippen LogP contribution in [0.5, 0.6) is 5.75 Å². The molecule has 0 unspecified atom stereocenters. The maximum Gasteiger partial charge on any atom is 0.433 e. The monoisotopic (exact) mass is 477 g/mol. The van der Waals surface area contributed by atoms with E-state index in [-0.39, 0.29) is 29.6 Å². The van der Waals surface area contributed by atoms with Gasteiger partial charge in [-0.3, -0.25) is 14.7 Å². The Balaban J connectivity index is 1.42. The van der Waals surface area contributed by atoms with Crippen LogP contribution in [0.4, 0.5) is 13.2 Å². The van der Waals surface area contributed by atoms with E-state index in [0.717, 1.165) is 36.5 Å². The number of benzene rings is 1. The number of carbonyl (C=O) groups excluding carboxylic acids is 1. The summed E-state index contributed by atoms with van der Waals surface area (Å²) in [7, 11) is 1.64. The summed E-state index contributed by atoms with van der Waals surface area (Å²) in [6, 6.07) is 6.62. The Labute approximate surface area is 197 Å². The maximum absolute atomic E-state index is 13.0. The molecule has 0 N–H and O–H groups in total. The highest BCUT2D eigenvalue weighted by Crippen LogP contribution is 2.39. The maximum atomic E-state index is 13.0. The van der Waals surface area contributed by atoms with Gasteiger partial charge < -0.3 is 14.4 Å². The van der Waals surface area contributed by atoms with Crippen LogP contribution in [0.15, 0.2) is 30.5 Å². The molecule has 1 aromatic heterocycles. The number of hydrogen-bond acceptors (Lipinski definition) is 5. The van der Waals surface area contributed by atoms with Gasteiger partial charge in [-0.1, -0.05) is 6.07 Å². The predicted octanol–water partition coefficient (Wildman–Crippen LogP) is 4.40. The Hall–Kier alpha value is -2.65. The van der Waals surface area contributed by atoms with Crippen LogP contribution >= 0.6 is 0 Å². The second-order valence-electron chi connectivity index (χ2n) is 9.05. The third kappa shape index (κ3) is 4.63. The summed E-state index contributed by atoms with van der Waals surface area (Å²) in [5, 5.41) is 0. The number of piperazine rings is 1. The molecule has 2 saturated heterocycles. The zero-order valence-electron chi connectivity index (χ0n) is 19.9. The lowest BCUT2D eigenvalue weighted by molar-refractivity contribution is -0.141. The zero-order valence-corrected chi connectivity index (χ0v) is 19.9. The molecule has 3 heterocycles. The molecule has 2 aromatic rings. The number of rotatable bonds is 7. The number of halogens is 3. The second kappa shape index (κ2) is 9.54. The molecule has 9 heteroatoms. The lowest BCUT2D eigenvalue weighted by atomic mass is 9.96. The molecule has 0 spiro atoms. The van der Waals surface area contributed by atoms with Crippen LogP contribution in [0.2, 0.25) is 0 Å². The fourth-order valence-electron chi connectivity index (χ4n) is 5.11. The normalized spacial score (nSPS) is 21.2. The van der Waals surface area contributed by atoms with Crippen LogP contribution in [-0.2, 0) is 10.9 Å². The van der Waals surface area contributed by atoms with Gasteiger partial charge in [0.1, 0.15) is 18.1 Å². The summed E-state index contributed by atoms with van der Waals surface area (Å²) in [6.45, 7) is 8.67. The van der Waals surface area contributed by atoms with Gasteiger partial charge in [0.05, 0.1) is 12.2 Å². The van der Waals surface area contributed by atoms with Crippen molar-refractivity contribution in [2.24, 2.45) is 0 Å². The van der Waals surface area contributed by atoms with Crippen LogP contribution in [0.25, 0.3) is 0 Å². The number of amides is 1. The summed E-state index contributed by atoms with van der Waals surface area (Å²) >= 11 is 0. The van der Waals surface area contributed by atoms with Crippen molar-refractivity contribution >= 4 is 5.91 Å². The van der Waals surface area contributed by atoms with Crippen molar-refractivity contribution in [3.8, 4) is 5.75 Å². The molecule has 0 aliphatic carbocycles. The molecule has 34 heavy (non-hydrogen) atoms. The first-order chi connectivity index (χ1) is 16.1. The average Bonchev–Trinajstić information content (AvgIpc) is 3.42. The third-order valence-corrected chi connectivity index (χ3v) is 7.12. The molecule has 2 bridgehead atoms. The number of hydrogen-bond donors (Lipinski definition) is 0. The van der Waals surface area contributed by atoms with Crippen molar-refractivity contribution < 1.29 is 27.4 Å². The molecule has 1 aromatic carbocycles. The van der Waals surface area contributed by atoms with Crippen molar-refractivity contribution in [2.45, 2.75) is 51.5 Å². The predicted molar refractivity (Wildman–Crippen MR) is 121 cm³/mol. The smallest absolute Gasteiger partial charge is 0.433 e. The first-order valence-corrected chi connectivity index (χ1v) is 11.4. The number of aromatic nitrogens is 1. The van der Waals surface area contributed by atoms with E-state index in [1.807, 2.05) is 6.07 Å². The highest BCUT2D eigenvalue weighted by atomic mass is 19.4. The highest BCUT2D eigenvalue weighted by Gasteiger charge is 2.47. The minimum absolute atomic E-state index is 0.0419. The number of alkyl halides is 3. The number of methoxy groups -OCH3 is 1. The van der Waals surface area contributed by atoms with E-state index in [4.69, 9.17) is 9.47 Å². The summed E-state index contributed by atoms with van der Waals surface area (Å²) in [5.74, 6) is 0.598. The summed E-state index contributed by atoms with van der Waals surface area (Å²) in [4.78, 5) is 20.6. The lowest BCUT2D eigenvalue weighted by Crippen LogP contribution is -2.49. The van der Waals surface area contributed by atoms with Crippen molar-refractivity contribution in [1.29, 1.82) is 0 Å². The van der Waals surface area contributed by atoms with Gasteiger partial charge in [-0.15, -0.1) is 0 Å². The van der Waals surface area contributed by atoms with Crippen LogP contribution in [-0.4, -0.2) is 66.2 Å². The van der Waals surface area contributed by atoms with Crippen LogP contribution in [0, 0.1) is 13.8 Å². The minimum atomic E-state index is -4.52. The molecule has 3 atom stereocenters. The van der Waals surface area contributed by atoms with E-state index in [0.29, 0.717) is 19.8 Å². The fraction of sp³-hybridized carbons (Fsp3) is 0.520. The van der Waals surface area contributed by atoms with E-state index in [1.165, 1.54) is 17.2 Å². The molecule has 2 fully saturated rings. The summed E-state index contributed by atoms with van der Waals surface area (Å²) in [5.41, 5.74) is 2.72. The number of ether oxygens (including phenoxy) is 2. The Morgan fingerprint density at radius 1 is 1.12 bits per heavy atom. The Kier molecular flexibility index (Phi) is 6.87. The molecule has 4 rings (SSSR count). The largest absolute Gasteiger partial charge is 0.491 e. The second-order valence-corrected chi connectivity index (χ2v) is 9.05. The molecule has 0 radical (unpaired) electrons. The highest BCUT2D eigenvalue weighted by molar-refractivity contribution is 5.94. The minimum Gasteiger partial charge on any atom is -0.491 e. The summed E-state index contributed by atoms with van der Waals surface area (Å²) in [6.07, 6.45) is -2.63. The quantitative estimate of drug-likeness (QED) is 0.554. The van der Waals surface area contributed by atoms with Crippen molar-refractivity contribution in [3.63, 3.8) is 0 Å². The number of carbonyl (C=O) groups is 1. The van der Waals surface area contributed by atoms with E-state index in [2.05, 4.69) is 36.7 Å². The van der Waals surface area contributed by atoms with Crippen molar-refractivity contribution in [1.82, 2.24) is 14.8 Å². The SMILES string of the molecule is COCCOc1ccc([C@H](C)N2C[C@H]3C[C@@H]2CN3C(=O)c2ccc(C(F)(F)F)nc2)c(C)c1C. The number of likely N-dealkylation sites (tertiary alicyclic amines) is 2. The third-order valence-electron chi connectivity index (χ3n) is 7.12. The zero-order chi connectivity index (χ0) is 24.6. The average molecular weight is 478 g/mol. The van der Waals surface area contributed by atoms with Crippen LogP contribution < -0.4 is 4.74 Å². The van der Waals surface area contributed by atoms with Crippen molar-refractivity contribution in [2.75, 3.05) is 33.4 Å². The van der Waals surface area contributed by atoms with E-state index < -0.39 is 11.9 Å². The molecule has 1 amide bonds. The standard InChI is InChI=1S/C25H30F3N3O3/c1-15-16(2)22(34-10-9-33-4)7-6-21(15)17(3)30-13-20-11-19(30)14-31(20)24(32)18-5-8-23(29-12-18)25(26,27)28/h5-8,12,17,19-20H,9-11,13-14H2,1-4H3/t17-,19+,20+/m0/s1. The first kappa shape index (κ1) is 24.5. The van der Waals surface area contributed by atoms with Gasteiger partial charge >= 0.3 is 6.18 Å². The fourth-order valence-corrected chi connectivity index (χ4v) is 5.11. The lowest BCUT2D eigenvalue weighted by Gasteiger charge is -2.38. The molecular formula is C25H30F3N3O3. The number of nitrogens with zero attached hydrogens (tertiary/aromatic N) is 3. The molecule has 6 nitrogen and oxygen atoms in total. The van der Waals surface area contributed by atoms with Crippen LogP contribution in [0.1, 0.15) is 52.1 Å². The van der Waals surface area contributed by atoms with E-state index in [9.17, 15) is 18.0 Å². The van der Waals surface area contributed by atoms with Gasteiger partial charge in [0.15, 0.2) is 0 Å². The van der Waals surface area contributed by atoms with E-state index >= 15 is 0 Å². The summed E-state index contributed by atoms with van der Waals surface area (Å²) < 4.78 is 49.2. The number of fused-ring (bicyclic) bond motifs is 2. The molecular weight excluding hydrogens is 447 g/mol. The molecule has 2 aliphatic heterocycles. The number of pyridine rings is 1. The van der Waals surface area contributed by atoms with Gasteiger partial charge in [0, 0.05) is 44.5 Å². The Bertz CT molecular complexity index is 1040. The molecule has 0 saturated carbocycles. The topological polar surface area (TPSA) is 54.9 Å². The van der Waals surface area contributed by atoms with Gasteiger partial charge in [-0.25, -0.2) is 0 Å². The van der Waals surface area contributed by atoms with Gasteiger partial charge in [0.25, 0.3) is 5.91 Å². The Morgan fingerprint density at radius 3 is 2.47 bits per heavy atom. The van der Waals surface area contributed by atoms with Crippen LogP contribution in [0.3, 0.4) is 0 Å². The van der Waals surface area contributed by atoms with E-state index in [1.54, 1.807) is 12.0 Å². The van der Waals surface area contributed by atoms with Gasteiger partial charge in [-0.2, -0.15) is 13.2 Å². The molecule has 184 valence electrons. The first-order valence-electron chi connectivity index (χ1n) is 11.4. The van der Waals surface area contributed by atoms with Gasteiger partial charge in [-0.05, 0) is 62.1 Å². The van der Waals surface area contributed by atoms with Gasteiger partial charge in [0.2, 0.25) is 0 Å². The molecule has 2 aliphatic rings. The Morgan fingerprint density at radius 2 is 1.88 bits per heavy atom. The van der Waals surface area contributed by atoms with Crippen molar-refractivity contribution in [3.05, 3.63) is 58.4 Å².